The second-order valence-corrected chi connectivity index (χ2v) is 5.11. The minimum Gasteiger partial charge on any atom is -0.490 e. The van der Waals surface area contributed by atoms with Gasteiger partial charge in [0.05, 0.1) is 24.7 Å². The van der Waals surface area contributed by atoms with Gasteiger partial charge in [-0.05, 0) is 6.07 Å². The van der Waals surface area contributed by atoms with E-state index < -0.39 is 4.92 Å². The van der Waals surface area contributed by atoms with E-state index in [2.05, 4.69) is 0 Å². The normalized spacial score (nSPS) is 18.2. The van der Waals surface area contributed by atoms with Crippen LogP contribution in [0.3, 0.4) is 0 Å². The Kier molecular flexibility index (Phi) is 4.81. The third-order valence-corrected chi connectivity index (χ3v) is 3.82. The highest BCUT2D eigenvalue weighted by Gasteiger charge is 2.29. The summed E-state index contributed by atoms with van der Waals surface area (Å²) in [5.41, 5.74) is 0.677. The van der Waals surface area contributed by atoms with Crippen molar-refractivity contribution in [3.8, 4) is 5.75 Å². The Bertz CT molecular complexity index is 578. The van der Waals surface area contributed by atoms with Gasteiger partial charge in [0, 0.05) is 44.4 Å². The van der Waals surface area contributed by atoms with Crippen molar-refractivity contribution in [2.45, 2.75) is 13.0 Å². The zero-order chi connectivity index (χ0) is 16.3. The summed E-state index contributed by atoms with van der Waals surface area (Å²) in [6.07, 6.45) is 0. The number of hydrogen-bond donors (Lipinski definition) is 1. The van der Waals surface area contributed by atoms with E-state index in [-0.39, 0.29) is 30.0 Å². The molecule has 8 nitrogen and oxygen atoms in total. The van der Waals surface area contributed by atoms with Gasteiger partial charge in [0.15, 0.2) is 5.75 Å². The molecule has 1 N–H and O–H groups in total. The number of rotatable bonds is 4. The first-order chi connectivity index (χ1) is 10.5. The van der Waals surface area contributed by atoms with Crippen LogP contribution in [0.5, 0.6) is 5.75 Å². The minimum atomic E-state index is -0.493. The van der Waals surface area contributed by atoms with E-state index >= 15 is 0 Å². The van der Waals surface area contributed by atoms with Crippen LogP contribution < -0.4 is 9.64 Å². The predicted molar refractivity (Wildman–Crippen MR) is 80.1 cm³/mol. The third-order valence-electron chi connectivity index (χ3n) is 3.82. The lowest BCUT2D eigenvalue weighted by molar-refractivity contribution is -0.385. The first-order valence-electron chi connectivity index (χ1n) is 6.93. The van der Waals surface area contributed by atoms with Crippen LogP contribution in [-0.4, -0.2) is 60.2 Å². The highest BCUT2D eigenvalue weighted by atomic mass is 16.6. The average molecular weight is 309 g/mol. The van der Waals surface area contributed by atoms with Crippen molar-refractivity contribution in [3.63, 3.8) is 0 Å². The fraction of sp³-hybridized carbons (Fsp3) is 0.500. The summed E-state index contributed by atoms with van der Waals surface area (Å²) in [4.78, 5) is 25.6. The van der Waals surface area contributed by atoms with E-state index in [0.717, 1.165) is 5.69 Å². The van der Waals surface area contributed by atoms with Crippen molar-refractivity contribution < 1.29 is 19.6 Å². The number of nitro groups is 1. The van der Waals surface area contributed by atoms with Crippen molar-refractivity contribution in [1.29, 1.82) is 0 Å². The van der Waals surface area contributed by atoms with Crippen LogP contribution >= 0.6 is 0 Å². The molecule has 1 unspecified atom stereocenters. The van der Waals surface area contributed by atoms with Gasteiger partial charge in [0.2, 0.25) is 5.91 Å². The fourth-order valence-corrected chi connectivity index (χ4v) is 2.67. The molecular weight excluding hydrogens is 290 g/mol. The Morgan fingerprint density at radius 1 is 1.50 bits per heavy atom. The molecule has 1 atom stereocenters. The van der Waals surface area contributed by atoms with Gasteiger partial charge in [-0.3, -0.25) is 14.9 Å². The molecule has 0 bridgehead atoms. The quantitative estimate of drug-likeness (QED) is 0.647. The van der Waals surface area contributed by atoms with Gasteiger partial charge in [-0.15, -0.1) is 0 Å². The van der Waals surface area contributed by atoms with E-state index in [1.54, 1.807) is 17.0 Å². The third kappa shape index (κ3) is 3.11. The first kappa shape index (κ1) is 16.0. The summed E-state index contributed by atoms with van der Waals surface area (Å²) in [6, 6.07) is 4.38. The largest absolute Gasteiger partial charge is 0.490 e. The molecule has 0 spiro atoms. The van der Waals surface area contributed by atoms with Gasteiger partial charge in [0.25, 0.3) is 0 Å². The molecule has 1 aliphatic heterocycles. The number of aliphatic hydroxyl groups excluding tert-OH is 1. The molecule has 1 amide bonds. The number of piperazine rings is 1. The molecule has 1 saturated heterocycles. The van der Waals surface area contributed by atoms with Gasteiger partial charge in [-0.1, -0.05) is 0 Å². The topological polar surface area (TPSA) is 96.2 Å². The van der Waals surface area contributed by atoms with Crippen molar-refractivity contribution in [3.05, 3.63) is 28.3 Å². The monoisotopic (exact) mass is 309 g/mol. The second-order valence-electron chi connectivity index (χ2n) is 5.11. The molecule has 22 heavy (non-hydrogen) atoms. The first-order valence-corrected chi connectivity index (χ1v) is 6.93. The van der Waals surface area contributed by atoms with E-state index in [0.29, 0.717) is 19.6 Å². The lowest BCUT2D eigenvalue weighted by Crippen LogP contribution is -2.56. The summed E-state index contributed by atoms with van der Waals surface area (Å²) in [5, 5.41) is 20.4. The van der Waals surface area contributed by atoms with Crippen LogP contribution in [0.4, 0.5) is 11.4 Å². The maximum absolute atomic E-state index is 11.5. The van der Waals surface area contributed by atoms with Gasteiger partial charge in [-0.2, -0.15) is 0 Å². The Balaban J connectivity index is 2.22. The standard InChI is InChI=1S/C14H19N3O5/c1-10(19)16-6-5-15(8-12(16)9-18)11-3-4-13(17(20)21)14(7-11)22-2/h3-4,7,12,18H,5-6,8-9H2,1-2H3. The number of carbonyl (C=O) groups is 1. The van der Waals surface area contributed by atoms with Crippen molar-refractivity contribution in [2.75, 3.05) is 38.3 Å². The lowest BCUT2D eigenvalue weighted by Gasteiger charge is -2.41. The molecule has 120 valence electrons. The molecule has 2 rings (SSSR count). The van der Waals surface area contributed by atoms with E-state index in [1.165, 1.54) is 20.1 Å². The Morgan fingerprint density at radius 3 is 2.77 bits per heavy atom. The number of hydrogen-bond acceptors (Lipinski definition) is 6. The summed E-state index contributed by atoms with van der Waals surface area (Å²) in [5.74, 6) is 0.122. The number of nitro benzene ring substituents is 1. The lowest BCUT2D eigenvalue weighted by atomic mass is 10.1. The molecule has 0 aromatic heterocycles. The van der Waals surface area contributed by atoms with Crippen LogP contribution in [0, 0.1) is 10.1 Å². The molecule has 8 heteroatoms. The zero-order valence-corrected chi connectivity index (χ0v) is 12.6. The number of aliphatic hydroxyl groups is 1. The molecule has 1 aliphatic rings. The van der Waals surface area contributed by atoms with Crippen LogP contribution in [0.25, 0.3) is 0 Å². The molecule has 1 fully saturated rings. The minimum absolute atomic E-state index is 0.0695. The number of amides is 1. The Hall–Kier alpha value is -2.35. The van der Waals surface area contributed by atoms with Gasteiger partial charge < -0.3 is 19.6 Å². The summed E-state index contributed by atoms with van der Waals surface area (Å²) < 4.78 is 5.07. The number of methoxy groups -OCH3 is 1. The number of ether oxygens (including phenoxy) is 1. The fourth-order valence-electron chi connectivity index (χ4n) is 2.67. The van der Waals surface area contributed by atoms with Crippen LogP contribution in [-0.2, 0) is 4.79 Å². The van der Waals surface area contributed by atoms with E-state index in [9.17, 15) is 20.0 Å². The zero-order valence-electron chi connectivity index (χ0n) is 12.6. The summed E-state index contributed by atoms with van der Waals surface area (Å²) in [7, 11) is 1.39. The average Bonchev–Trinajstić information content (AvgIpc) is 2.53. The maximum Gasteiger partial charge on any atom is 0.311 e. The molecule has 0 saturated carbocycles. The van der Waals surface area contributed by atoms with Crippen molar-refractivity contribution in [2.24, 2.45) is 0 Å². The Morgan fingerprint density at radius 2 is 2.23 bits per heavy atom. The van der Waals surface area contributed by atoms with E-state index in [1.807, 2.05) is 4.90 Å². The summed E-state index contributed by atoms with van der Waals surface area (Å²) >= 11 is 0. The number of nitrogens with zero attached hydrogens (tertiary/aromatic N) is 3. The highest BCUT2D eigenvalue weighted by molar-refractivity contribution is 5.74. The Labute approximate surface area is 128 Å². The SMILES string of the molecule is COc1cc(N2CCN(C(C)=O)C(CO)C2)ccc1[N+](=O)[O-]. The second kappa shape index (κ2) is 6.61. The van der Waals surface area contributed by atoms with Crippen molar-refractivity contribution >= 4 is 17.3 Å². The van der Waals surface area contributed by atoms with Crippen molar-refractivity contribution in [1.82, 2.24) is 4.90 Å². The van der Waals surface area contributed by atoms with Crippen LogP contribution in [0.1, 0.15) is 6.92 Å². The number of benzene rings is 1. The molecule has 1 heterocycles. The molecular formula is C14H19N3O5. The van der Waals surface area contributed by atoms with Gasteiger partial charge in [0.1, 0.15) is 0 Å². The molecule has 0 aliphatic carbocycles. The smallest absolute Gasteiger partial charge is 0.311 e. The van der Waals surface area contributed by atoms with Crippen LogP contribution in [0.15, 0.2) is 18.2 Å². The van der Waals surface area contributed by atoms with Crippen LogP contribution in [0.2, 0.25) is 0 Å². The predicted octanol–water partition coefficient (Wildman–Crippen LogP) is 0.633. The summed E-state index contributed by atoms with van der Waals surface area (Å²) in [6.45, 7) is 2.92. The van der Waals surface area contributed by atoms with Gasteiger partial charge >= 0.3 is 5.69 Å². The highest BCUT2D eigenvalue weighted by Crippen LogP contribution is 2.32. The van der Waals surface area contributed by atoms with Gasteiger partial charge in [-0.25, -0.2) is 0 Å². The molecule has 1 aromatic rings. The molecule has 1 aromatic carbocycles. The number of anilines is 1. The molecule has 0 radical (unpaired) electrons. The number of carbonyl (C=O) groups excluding carboxylic acids is 1. The maximum atomic E-state index is 11.5. The van der Waals surface area contributed by atoms with E-state index in [4.69, 9.17) is 4.74 Å².